The van der Waals surface area contributed by atoms with Crippen LogP contribution in [-0.4, -0.2) is 49.1 Å². The Morgan fingerprint density at radius 3 is 2.02 bits per heavy atom. The summed E-state index contributed by atoms with van der Waals surface area (Å²) in [4.78, 5) is 34.5. The second-order valence-corrected chi connectivity index (χ2v) is 8.43. The maximum Gasteiger partial charge on any atom is 0.490 e. The molecule has 0 bridgehead atoms. The highest BCUT2D eigenvalue weighted by molar-refractivity contribution is 6.33. The lowest BCUT2D eigenvalue weighted by atomic mass is 10.0. The molecule has 0 aromatic heterocycles. The van der Waals surface area contributed by atoms with E-state index in [0.29, 0.717) is 11.3 Å². The fourth-order valence-electron chi connectivity index (χ4n) is 3.19. The number of nitrogens with two attached hydrogens (primary N) is 1. The van der Waals surface area contributed by atoms with Crippen LogP contribution in [0.2, 0.25) is 5.02 Å². The van der Waals surface area contributed by atoms with Gasteiger partial charge in [0, 0.05) is 22.9 Å². The van der Waals surface area contributed by atoms with E-state index in [4.69, 9.17) is 42.1 Å². The number of carboxylic acid groups (broad SMARTS) is 1. The van der Waals surface area contributed by atoms with Gasteiger partial charge in [-0.25, -0.2) is 9.18 Å². The molecular formula is C26H24ClF4N5O6. The van der Waals surface area contributed by atoms with Gasteiger partial charge in [0.25, 0.3) is 11.8 Å². The van der Waals surface area contributed by atoms with Crippen molar-refractivity contribution in [2.24, 2.45) is 5.73 Å². The molecule has 3 aromatic rings. The lowest BCUT2D eigenvalue weighted by Gasteiger charge is -2.22. The van der Waals surface area contributed by atoms with E-state index in [1.54, 1.807) is 36.4 Å². The van der Waals surface area contributed by atoms with Crippen LogP contribution in [0.3, 0.4) is 0 Å². The summed E-state index contributed by atoms with van der Waals surface area (Å²) in [5.41, 5.74) is 11.1. The molecule has 0 fully saturated rings. The monoisotopic (exact) mass is 613 g/mol. The quantitative estimate of drug-likeness (QED) is 0.0955. The minimum atomic E-state index is -5.08. The number of amides is 2. The summed E-state index contributed by atoms with van der Waals surface area (Å²) in [6, 6.07) is 13.7. The minimum Gasteiger partial charge on any atom is -0.493 e. The summed E-state index contributed by atoms with van der Waals surface area (Å²) in [7, 11) is 2.74. The first kappa shape index (κ1) is 33.2. The molecule has 1 atom stereocenters. The molecule has 1 unspecified atom stereocenters. The van der Waals surface area contributed by atoms with E-state index < -0.39 is 35.8 Å². The van der Waals surface area contributed by atoms with Crippen LogP contribution in [0.15, 0.2) is 60.7 Å². The van der Waals surface area contributed by atoms with Gasteiger partial charge in [-0.3, -0.25) is 25.8 Å². The molecule has 0 saturated carbocycles. The number of halogens is 5. The third-order valence-electron chi connectivity index (χ3n) is 5.24. The molecule has 0 radical (unpaired) electrons. The predicted molar refractivity (Wildman–Crippen MR) is 144 cm³/mol. The van der Waals surface area contributed by atoms with Gasteiger partial charge in [0.2, 0.25) is 0 Å². The Hall–Kier alpha value is -5.05. The average Bonchev–Trinajstić information content (AvgIpc) is 2.94. The van der Waals surface area contributed by atoms with Crippen molar-refractivity contribution in [1.82, 2.24) is 10.9 Å². The second-order valence-electron chi connectivity index (χ2n) is 8.02. The Bertz CT molecular complexity index is 1450. The fourth-order valence-corrected chi connectivity index (χ4v) is 3.41. The van der Waals surface area contributed by atoms with Gasteiger partial charge in [-0.2, -0.15) is 13.2 Å². The van der Waals surface area contributed by atoms with E-state index in [1.165, 1.54) is 32.4 Å². The smallest absolute Gasteiger partial charge is 0.490 e. The lowest BCUT2D eigenvalue weighted by Crippen LogP contribution is -2.45. The molecule has 0 spiro atoms. The van der Waals surface area contributed by atoms with Crippen molar-refractivity contribution in [3.63, 3.8) is 0 Å². The van der Waals surface area contributed by atoms with Gasteiger partial charge < -0.3 is 25.6 Å². The highest BCUT2D eigenvalue weighted by Gasteiger charge is 2.38. The molecule has 0 aliphatic heterocycles. The van der Waals surface area contributed by atoms with E-state index in [0.717, 1.165) is 6.07 Å². The molecule has 0 aliphatic rings. The molecule has 0 aliphatic carbocycles. The van der Waals surface area contributed by atoms with E-state index in [1.807, 2.05) is 0 Å². The number of methoxy groups -OCH3 is 2. The van der Waals surface area contributed by atoms with Gasteiger partial charge in [0.05, 0.1) is 24.8 Å². The highest BCUT2D eigenvalue weighted by Crippen LogP contribution is 2.34. The summed E-state index contributed by atoms with van der Waals surface area (Å²) >= 11 is 6.03. The Morgan fingerprint density at radius 2 is 1.52 bits per heavy atom. The largest absolute Gasteiger partial charge is 0.493 e. The van der Waals surface area contributed by atoms with Crippen LogP contribution in [0.1, 0.15) is 27.5 Å². The van der Waals surface area contributed by atoms with Crippen LogP contribution < -0.4 is 31.4 Å². The topological polar surface area (TPSA) is 176 Å². The van der Waals surface area contributed by atoms with E-state index in [-0.39, 0.29) is 33.5 Å². The number of hydrogen-bond donors (Lipinski definition) is 6. The summed E-state index contributed by atoms with van der Waals surface area (Å²) in [6.45, 7) is 0. The summed E-state index contributed by atoms with van der Waals surface area (Å²) < 4.78 is 57.2. The van der Waals surface area contributed by atoms with Gasteiger partial charge in [-0.1, -0.05) is 23.7 Å². The van der Waals surface area contributed by atoms with Gasteiger partial charge >= 0.3 is 12.1 Å². The van der Waals surface area contributed by atoms with Gasteiger partial charge in [-0.05, 0) is 42.5 Å². The van der Waals surface area contributed by atoms with E-state index in [9.17, 15) is 22.8 Å². The predicted octanol–water partition coefficient (Wildman–Crippen LogP) is 4.03. The number of carbonyl (C=O) groups is 3. The van der Waals surface area contributed by atoms with E-state index in [2.05, 4.69) is 16.2 Å². The molecule has 0 heterocycles. The standard InChI is InChI=1S/C24H23ClFN5O4.C2HF3O2/c1-34-19-11-16(18(26)12-20(19)35-2)21(29-14-9-7-13(8-10-14)22(27)28)24(33)31-30-23(32)15-5-3-4-6-17(15)25;3-2(4,5)1(6)7/h3-12,21,29H,1-2H3,(H3,27,28)(H,30,32)(H,31,33);(H,6,7). The SMILES string of the molecule is COc1cc(F)c(C(Nc2ccc(C(=N)N)cc2)C(=O)NNC(=O)c2ccccc2Cl)cc1OC.O=C(O)C(F)(F)F. The number of benzene rings is 3. The number of carbonyl (C=O) groups excluding carboxylic acids is 2. The van der Waals surface area contributed by atoms with Crippen LogP contribution in [0.4, 0.5) is 23.2 Å². The van der Waals surface area contributed by atoms with Crippen LogP contribution in [0.25, 0.3) is 0 Å². The number of hydrazine groups is 1. The molecule has 0 saturated heterocycles. The Kier molecular flexibility index (Phi) is 11.5. The van der Waals surface area contributed by atoms with Crippen molar-refractivity contribution in [1.29, 1.82) is 5.41 Å². The number of aliphatic carboxylic acids is 1. The number of hydrogen-bond acceptors (Lipinski definition) is 7. The average molecular weight is 614 g/mol. The van der Waals surface area contributed by atoms with Gasteiger partial charge in [-0.15, -0.1) is 0 Å². The maximum atomic E-state index is 15.0. The van der Waals surface area contributed by atoms with Gasteiger partial charge in [0.1, 0.15) is 17.7 Å². The zero-order chi connectivity index (χ0) is 31.6. The third kappa shape index (κ3) is 8.99. The third-order valence-corrected chi connectivity index (χ3v) is 5.57. The van der Waals surface area contributed by atoms with Crippen LogP contribution in [0.5, 0.6) is 11.5 Å². The summed E-state index contributed by atoms with van der Waals surface area (Å²) in [5, 5.41) is 17.8. The van der Waals surface area contributed by atoms with Crippen LogP contribution in [-0.2, 0) is 9.59 Å². The van der Waals surface area contributed by atoms with Crippen molar-refractivity contribution in [3.05, 3.63) is 88.2 Å². The van der Waals surface area contributed by atoms with Crippen molar-refractivity contribution in [3.8, 4) is 11.5 Å². The number of carboxylic acids is 1. The first-order chi connectivity index (χ1) is 19.7. The van der Waals surface area contributed by atoms with Crippen LogP contribution >= 0.6 is 11.6 Å². The number of anilines is 1. The Labute approximate surface area is 241 Å². The zero-order valence-corrected chi connectivity index (χ0v) is 22.6. The second kappa shape index (κ2) is 14.5. The number of rotatable bonds is 8. The lowest BCUT2D eigenvalue weighted by molar-refractivity contribution is -0.192. The Morgan fingerprint density at radius 1 is 0.976 bits per heavy atom. The number of nitrogen functional groups attached to an aromatic ring is 1. The minimum absolute atomic E-state index is 0.0669. The summed E-state index contributed by atoms with van der Waals surface area (Å²) in [6.07, 6.45) is -5.08. The first-order valence-electron chi connectivity index (χ1n) is 11.5. The Balaban J connectivity index is 0.000000782. The molecule has 3 aromatic carbocycles. The van der Waals surface area contributed by atoms with Gasteiger partial charge in [0.15, 0.2) is 11.5 Å². The number of ether oxygens (including phenoxy) is 2. The maximum absolute atomic E-state index is 15.0. The van der Waals surface area contributed by atoms with Crippen molar-refractivity contribution in [2.45, 2.75) is 12.2 Å². The molecule has 11 nitrogen and oxygen atoms in total. The number of alkyl halides is 3. The zero-order valence-electron chi connectivity index (χ0n) is 21.8. The molecule has 224 valence electrons. The van der Waals surface area contributed by atoms with Crippen molar-refractivity contribution >= 4 is 40.9 Å². The molecule has 42 heavy (non-hydrogen) atoms. The first-order valence-corrected chi connectivity index (χ1v) is 11.8. The highest BCUT2D eigenvalue weighted by atomic mass is 35.5. The normalized spacial score (nSPS) is 11.2. The molecule has 3 rings (SSSR count). The van der Waals surface area contributed by atoms with E-state index >= 15 is 4.39 Å². The molecule has 16 heteroatoms. The number of amidine groups is 1. The molecular weight excluding hydrogens is 590 g/mol. The fraction of sp³-hybridized carbons (Fsp3) is 0.154. The molecule has 2 amide bonds. The van der Waals surface area contributed by atoms with Crippen LogP contribution in [0, 0.1) is 11.2 Å². The molecule has 7 N–H and O–H groups in total. The summed E-state index contributed by atoms with van der Waals surface area (Å²) in [5.74, 6) is -4.70. The van der Waals surface area contributed by atoms with Crippen molar-refractivity contribution < 1.29 is 46.5 Å². The van der Waals surface area contributed by atoms with Crippen molar-refractivity contribution in [2.75, 3.05) is 19.5 Å². The number of nitrogens with one attached hydrogen (secondary N) is 4.